The zero-order chi connectivity index (χ0) is 10.6. The van der Waals surface area contributed by atoms with Gasteiger partial charge in [0.15, 0.2) is 0 Å². The molecule has 1 nitrogen and oxygen atoms in total. The molecule has 0 saturated heterocycles. The second-order valence-electron chi connectivity index (χ2n) is 3.46. The molecule has 2 N–H and O–H groups in total. The maximum atomic E-state index is 12.8. The van der Waals surface area contributed by atoms with Crippen LogP contribution in [0.25, 0.3) is 0 Å². The molecule has 1 rings (SSSR count). The van der Waals surface area contributed by atoms with Crippen LogP contribution in [0.4, 0.5) is 4.39 Å². The number of nitrogens with two attached hydrogens (primary N) is 1. The monoisotopic (exact) mass is 215 g/mol. The van der Waals surface area contributed by atoms with Gasteiger partial charge in [0.2, 0.25) is 0 Å². The van der Waals surface area contributed by atoms with Crippen molar-refractivity contribution < 1.29 is 4.39 Å². The molecular weight excluding hydrogens is 201 g/mol. The van der Waals surface area contributed by atoms with Crippen LogP contribution in [0.5, 0.6) is 0 Å². The van der Waals surface area contributed by atoms with Crippen molar-refractivity contribution in [3.8, 4) is 0 Å². The molecule has 0 aliphatic rings. The van der Waals surface area contributed by atoms with Crippen molar-refractivity contribution in [2.75, 3.05) is 6.54 Å². The van der Waals surface area contributed by atoms with E-state index in [-0.39, 0.29) is 6.54 Å². The second kappa shape index (κ2) is 5.32. The molecule has 0 amide bonds. The fourth-order valence-electron chi connectivity index (χ4n) is 1.30. The molecule has 0 saturated carbocycles. The summed E-state index contributed by atoms with van der Waals surface area (Å²) in [6.45, 7) is 2.05. The Kier molecular flexibility index (Phi) is 4.36. The zero-order valence-corrected chi connectivity index (χ0v) is 9.02. The van der Waals surface area contributed by atoms with Gasteiger partial charge >= 0.3 is 0 Å². The van der Waals surface area contributed by atoms with Crippen molar-refractivity contribution in [2.24, 2.45) is 5.73 Å². The SMILES string of the molecule is Cc1cc(CCC(F)CN)ccc1Cl. The van der Waals surface area contributed by atoms with Gasteiger partial charge in [-0.05, 0) is 37.0 Å². The number of rotatable bonds is 4. The van der Waals surface area contributed by atoms with E-state index >= 15 is 0 Å². The summed E-state index contributed by atoms with van der Waals surface area (Å²) in [5, 5.41) is 0.754. The fraction of sp³-hybridized carbons (Fsp3) is 0.455. The van der Waals surface area contributed by atoms with E-state index in [9.17, 15) is 4.39 Å². The van der Waals surface area contributed by atoms with Crippen LogP contribution in [0.1, 0.15) is 17.5 Å². The molecular formula is C11H15ClFN. The Morgan fingerprint density at radius 1 is 1.50 bits per heavy atom. The van der Waals surface area contributed by atoms with Gasteiger partial charge in [0, 0.05) is 11.6 Å². The molecule has 0 heterocycles. The first kappa shape index (κ1) is 11.5. The van der Waals surface area contributed by atoms with E-state index in [1.54, 1.807) is 0 Å². The Hall–Kier alpha value is -0.600. The summed E-state index contributed by atoms with van der Waals surface area (Å²) in [4.78, 5) is 0. The van der Waals surface area contributed by atoms with Crippen LogP contribution >= 0.6 is 11.6 Å². The molecule has 1 aromatic rings. The number of hydrogen-bond acceptors (Lipinski definition) is 1. The Morgan fingerprint density at radius 2 is 2.21 bits per heavy atom. The van der Waals surface area contributed by atoms with E-state index in [0.717, 1.165) is 22.6 Å². The summed E-state index contributed by atoms with van der Waals surface area (Å²) < 4.78 is 12.8. The van der Waals surface area contributed by atoms with Gasteiger partial charge in [-0.2, -0.15) is 0 Å². The summed E-state index contributed by atoms with van der Waals surface area (Å²) in [5.74, 6) is 0. The summed E-state index contributed by atoms with van der Waals surface area (Å²) in [5.41, 5.74) is 7.34. The van der Waals surface area contributed by atoms with Gasteiger partial charge in [0.1, 0.15) is 6.17 Å². The molecule has 14 heavy (non-hydrogen) atoms. The summed E-state index contributed by atoms with van der Waals surface area (Å²) in [7, 11) is 0. The molecule has 0 fully saturated rings. The standard InChI is InChI=1S/C11H15ClFN/c1-8-6-9(3-5-11(8)12)2-4-10(13)7-14/h3,5-6,10H,2,4,7,14H2,1H3. The molecule has 0 spiro atoms. The Balaban J connectivity index is 2.55. The fourth-order valence-corrected chi connectivity index (χ4v) is 1.42. The van der Waals surface area contributed by atoms with Gasteiger partial charge in [-0.25, -0.2) is 4.39 Å². The van der Waals surface area contributed by atoms with Crippen LogP contribution in [0, 0.1) is 6.92 Å². The predicted octanol–water partition coefficient (Wildman–Crippen LogP) is 2.88. The molecule has 0 aliphatic carbocycles. The largest absolute Gasteiger partial charge is 0.328 e. The Bertz CT molecular complexity index is 301. The van der Waals surface area contributed by atoms with Gasteiger partial charge in [-0.3, -0.25) is 0 Å². The smallest absolute Gasteiger partial charge is 0.113 e. The lowest BCUT2D eigenvalue weighted by Crippen LogP contribution is -2.15. The molecule has 1 unspecified atom stereocenters. The first-order chi connectivity index (χ1) is 6.63. The number of aryl methyl sites for hydroxylation is 2. The van der Waals surface area contributed by atoms with Crippen molar-refractivity contribution in [3.63, 3.8) is 0 Å². The molecule has 3 heteroatoms. The van der Waals surface area contributed by atoms with Crippen LogP contribution in [-0.4, -0.2) is 12.7 Å². The average Bonchev–Trinajstić information content (AvgIpc) is 2.19. The van der Waals surface area contributed by atoms with E-state index in [1.807, 2.05) is 25.1 Å². The summed E-state index contributed by atoms with van der Waals surface area (Å²) in [6.07, 6.45) is 0.305. The van der Waals surface area contributed by atoms with E-state index in [2.05, 4.69) is 0 Å². The highest BCUT2D eigenvalue weighted by molar-refractivity contribution is 6.31. The van der Waals surface area contributed by atoms with Gasteiger partial charge < -0.3 is 5.73 Å². The minimum absolute atomic E-state index is 0.104. The Labute approximate surface area is 89.1 Å². The highest BCUT2D eigenvalue weighted by Crippen LogP contribution is 2.17. The van der Waals surface area contributed by atoms with E-state index in [1.165, 1.54) is 0 Å². The second-order valence-corrected chi connectivity index (χ2v) is 3.86. The minimum Gasteiger partial charge on any atom is -0.328 e. The quantitative estimate of drug-likeness (QED) is 0.821. The Morgan fingerprint density at radius 3 is 2.79 bits per heavy atom. The maximum absolute atomic E-state index is 12.8. The van der Waals surface area contributed by atoms with Crippen LogP contribution in [0.2, 0.25) is 5.02 Å². The summed E-state index contributed by atoms with van der Waals surface area (Å²) in [6, 6.07) is 5.77. The maximum Gasteiger partial charge on any atom is 0.113 e. The van der Waals surface area contributed by atoms with Gasteiger partial charge in [-0.1, -0.05) is 23.7 Å². The van der Waals surface area contributed by atoms with Crippen molar-refractivity contribution in [2.45, 2.75) is 25.9 Å². The van der Waals surface area contributed by atoms with Crippen LogP contribution in [-0.2, 0) is 6.42 Å². The number of hydrogen-bond donors (Lipinski definition) is 1. The van der Waals surface area contributed by atoms with Gasteiger partial charge in [-0.15, -0.1) is 0 Å². The normalized spacial score (nSPS) is 12.9. The van der Waals surface area contributed by atoms with Crippen molar-refractivity contribution in [1.82, 2.24) is 0 Å². The van der Waals surface area contributed by atoms with Crippen LogP contribution in [0.15, 0.2) is 18.2 Å². The van der Waals surface area contributed by atoms with Gasteiger partial charge in [0.05, 0.1) is 0 Å². The molecule has 0 aliphatic heterocycles. The predicted molar refractivity (Wildman–Crippen MR) is 58.5 cm³/mol. The molecule has 0 bridgehead atoms. The molecule has 78 valence electrons. The third-order valence-corrected chi connectivity index (χ3v) is 2.65. The topological polar surface area (TPSA) is 26.0 Å². The van der Waals surface area contributed by atoms with E-state index < -0.39 is 6.17 Å². The molecule has 0 aromatic heterocycles. The van der Waals surface area contributed by atoms with Crippen molar-refractivity contribution in [1.29, 1.82) is 0 Å². The number of halogens is 2. The van der Waals surface area contributed by atoms with Crippen molar-refractivity contribution in [3.05, 3.63) is 34.3 Å². The lowest BCUT2D eigenvalue weighted by molar-refractivity contribution is 0.323. The zero-order valence-electron chi connectivity index (χ0n) is 8.26. The minimum atomic E-state index is -0.897. The third-order valence-electron chi connectivity index (χ3n) is 2.22. The molecule has 1 atom stereocenters. The van der Waals surface area contributed by atoms with E-state index in [4.69, 9.17) is 17.3 Å². The summed E-state index contributed by atoms with van der Waals surface area (Å²) >= 11 is 5.88. The van der Waals surface area contributed by atoms with Crippen LogP contribution in [0.3, 0.4) is 0 Å². The average molecular weight is 216 g/mol. The van der Waals surface area contributed by atoms with Crippen LogP contribution < -0.4 is 5.73 Å². The first-order valence-electron chi connectivity index (χ1n) is 4.72. The lowest BCUT2D eigenvalue weighted by atomic mass is 10.1. The molecule has 1 aromatic carbocycles. The van der Waals surface area contributed by atoms with E-state index in [0.29, 0.717) is 6.42 Å². The highest BCUT2D eigenvalue weighted by atomic mass is 35.5. The lowest BCUT2D eigenvalue weighted by Gasteiger charge is -2.06. The number of benzene rings is 1. The van der Waals surface area contributed by atoms with Crippen molar-refractivity contribution >= 4 is 11.6 Å². The highest BCUT2D eigenvalue weighted by Gasteiger charge is 2.04. The third kappa shape index (κ3) is 3.28. The van der Waals surface area contributed by atoms with Gasteiger partial charge in [0.25, 0.3) is 0 Å². The molecule has 0 radical (unpaired) electrons. The first-order valence-corrected chi connectivity index (χ1v) is 5.10. The number of alkyl halides is 1.